The predicted octanol–water partition coefficient (Wildman–Crippen LogP) is -0.128. The summed E-state index contributed by atoms with van der Waals surface area (Å²) in [5, 5.41) is 8.67. The second kappa shape index (κ2) is 5.70. The standard InChI is InChI=1S/C11H13N3O3/c1-8(5-12)6-14-4-2-3-9(11(14)16)17-7-10(13)15/h2-4,8H,6-7H2,1H3,(H2,13,15). The van der Waals surface area contributed by atoms with Crippen molar-refractivity contribution in [3.05, 3.63) is 28.7 Å². The Morgan fingerprint density at radius 1 is 1.71 bits per heavy atom. The van der Waals surface area contributed by atoms with Crippen molar-refractivity contribution in [3.8, 4) is 11.8 Å². The van der Waals surface area contributed by atoms with Gasteiger partial charge >= 0.3 is 0 Å². The molecule has 17 heavy (non-hydrogen) atoms. The zero-order valence-electron chi connectivity index (χ0n) is 9.42. The maximum Gasteiger partial charge on any atom is 0.292 e. The van der Waals surface area contributed by atoms with Crippen molar-refractivity contribution in [2.75, 3.05) is 6.61 Å². The molecule has 0 saturated heterocycles. The van der Waals surface area contributed by atoms with Crippen molar-refractivity contribution in [1.29, 1.82) is 5.26 Å². The Labute approximate surface area is 98.2 Å². The van der Waals surface area contributed by atoms with Crippen molar-refractivity contribution < 1.29 is 9.53 Å². The van der Waals surface area contributed by atoms with Crippen LogP contribution in [0.3, 0.4) is 0 Å². The van der Waals surface area contributed by atoms with Gasteiger partial charge in [0.05, 0.1) is 12.0 Å². The Kier molecular flexibility index (Phi) is 4.29. The molecular weight excluding hydrogens is 222 g/mol. The van der Waals surface area contributed by atoms with Gasteiger partial charge in [-0.05, 0) is 19.1 Å². The van der Waals surface area contributed by atoms with E-state index in [1.165, 1.54) is 10.6 Å². The predicted molar refractivity (Wildman–Crippen MR) is 60.2 cm³/mol. The zero-order chi connectivity index (χ0) is 12.8. The van der Waals surface area contributed by atoms with Crippen molar-refractivity contribution >= 4 is 5.91 Å². The van der Waals surface area contributed by atoms with Gasteiger partial charge in [0.25, 0.3) is 11.5 Å². The molecule has 90 valence electrons. The van der Waals surface area contributed by atoms with E-state index >= 15 is 0 Å². The van der Waals surface area contributed by atoms with Crippen LogP contribution in [0.5, 0.6) is 5.75 Å². The van der Waals surface area contributed by atoms with E-state index in [0.717, 1.165) is 0 Å². The van der Waals surface area contributed by atoms with Gasteiger partial charge in [-0.3, -0.25) is 9.59 Å². The number of rotatable bonds is 5. The Balaban J connectivity index is 2.88. The molecule has 0 radical (unpaired) electrons. The molecule has 0 saturated carbocycles. The average molecular weight is 235 g/mol. The molecule has 0 spiro atoms. The van der Waals surface area contributed by atoms with E-state index in [0.29, 0.717) is 0 Å². The Morgan fingerprint density at radius 2 is 2.41 bits per heavy atom. The Bertz CT molecular complexity index is 501. The van der Waals surface area contributed by atoms with Gasteiger partial charge in [0, 0.05) is 12.7 Å². The Morgan fingerprint density at radius 3 is 3.00 bits per heavy atom. The fraction of sp³-hybridized carbons (Fsp3) is 0.364. The van der Waals surface area contributed by atoms with E-state index < -0.39 is 5.91 Å². The maximum atomic E-state index is 11.8. The second-order valence-electron chi connectivity index (χ2n) is 3.62. The number of hydrogen-bond acceptors (Lipinski definition) is 4. The molecule has 0 aliphatic heterocycles. The molecule has 1 aromatic rings. The first kappa shape index (κ1) is 12.8. The average Bonchev–Trinajstić information content (AvgIpc) is 2.30. The number of hydrogen-bond donors (Lipinski definition) is 1. The van der Waals surface area contributed by atoms with Gasteiger partial charge in [0.1, 0.15) is 0 Å². The second-order valence-corrected chi connectivity index (χ2v) is 3.62. The quantitative estimate of drug-likeness (QED) is 0.768. The summed E-state index contributed by atoms with van der Waals surface area (Å²) >= 11 is 0. The first-order valence-electron chi connectivity index (χ1n) is 5.04. The van der Waals surface area contributed by atoms with Crippen LogP contribution in [0, 0.1) is 17.2 Å². The fourth-order valence-corrected chi connectivity index (χ4v) is 1.25. The summed E-state index contributed by atoms with van der Waals surface area (Å²) < 4.78 is 6.33. The summed E-state index contributed by atoms with van der Waals surface area (Å²) in [4.78, 5) is 22.3. The van der Waals surface area contributed by atoms with Crippen LogP contribution in [0.25, 0.3) is 0 Å². The van der Waals surface area contributed by atoms with Crippen LogP contribution in [-0.4, -0.2) is 17.1 Å². The number of aromatic nitrogens is 1. The molecule has 0 aliphatic carbocycles. The van der Waals surface area contributed by atoms with E-state index in [1.54, 1.807) is 19.2 Å². The molecule has 6 nitrogen and oxygen atoms in total. The van der Waals surface area contributed by atoms with E-state index in [2.05, 4.69) is 0 Å². The minimum absolute atomic E-state index is 0.0523. The molecule has 1 atom stereocenters. The highest BCUT2D eigenvalue weighted by Gasteiger charge is 2.08. The summed E-state index contributed by atoms with van der Waals surface area (Å²) in [6.45, 7) is 1.65. The summed E-state index contributed by atoms with van der Waals surface area (Å²) in [6.07, 6.45) is 1.56. The highest BCUT2D eigenvalue weighted by molar-refractivity contribution is 5.75. The third kappa shape index (κ3) is 3.65. The lowest BCUT2D eigenvalue weighted by atomic mass is 10.2. The number of nitrogens with zero attached hydrogens (tertiary/aromatic N) is 2. The van der Waals surface area contributed by atoms with Crippen LogP contribution in [0.15, 0.2) is 23.1 Å². The molecule has 0 fully saturated rings. The normalized spacial score (nSPS) is 11.5. The molecular formula is C11H13N3O3. The number of amides is 1. The maximum absolute atomic E-state index is 11.8. The first-order valence-corrected chi connectivity index (χ1v) is 5.04. The van der Waals surface area contributed by atoms with Crippen molar-refractivity contribution in [3.63, 3.8) is 0 Å². The third-order valence-electron chi connectivity index (χ3n) is 2.05. The topological polar surface area (TPSA) is 98.1 Å². The van der Waals surface area contributed by atoms with E-state index in [-0.39, 0.29) is 30.4 Å². The van der Waals surface area contributed by atoms with Crippen molar-refractivity contribution in [2.24, 2.45) is 11.7 Å². The highest BCUT2D eigenvalue weighted by Crippen LogP contribution is 2.03. The molecule has 2 N–H and O–H groups in total. The molecule has 1 rings (SSSR count). The van der Waals surface area contributed by atoms with Gasteiger partial charge in [-0.1, -0.05) is 0 Å². The highest BCUT2D eigenvalue weighted by atomic mass is 16.5. The largest absolute Gasteiger partial charge is 0.478 e. The Hall–Kier alpha value is -2.29. The minimum atomic E-state index is -0.648. The van der Waals surface area contributed by atoms with Crippen molar-refractivity contribution in [2.45, 2.75) is 13.5 Å². The number of pyridine rings is 1. The van der Waals surface area contributed by atoms with E-state index in [1.807, 2.05) is 6.07 Å². The van der Waals surface area contributed by atoms with Crippen LogP contribution in [0.2, 0.25) is 0 Å². The molecule has 0 bridgehead atoms. The van der Waals surface area contributed by atoms with Gasteiger partial charge in [0.15, 0.2) is 12.4 Å². The van der Waals surface area contributed by atoms with Gasteiger partial charge in [-0.25, -0.2) is 0 Å². The minimum Gasteiger partial charge on any atom is -0.478 e. The summed E-state index contributed by atoms with van der Waals surface area (Å²) in [7, 11) is 0. The van der Waals surface area contributed by atoms with Crippen LogP contribution in [0.1, 0.15) is 6.92 Å². The van der Waals surface area contributed by atoms with Crippen LogP contribution < -0.4 is 16.0 Å². The number of nitrogens with two attached hydrogens (primary N) is 1. The SMILES string of the molecule is CC(C#N)Cn1cccc(OCC(N)=O)c1=O. The number of primary amides is 1. The van der Waals surface area contributed by atoms with Gasteiger partial charge in [-0.15, -0.1) is 0 Å². The van der Waals surface area contributed by atoms with Gasteiger partial charge in [0.2, 0.25) is 0 Å². The molecule has 6 heteroatoms. The van der Waals surface area contributed by atoms with Crippen molar-refractivity contribution in [1.82, 2.24) is 4.57 Å². The lowest BCUT2D eigenvalue weighted by Crippen LogP contribution is -2.27. The number of carbonyl (C=O) groups is 1. The van der Waals surface area contributed by atoms with E-state index in [4.69, 9.17) is 15.7 Å². The molecule has 1 aromatic heterocycles. The lowest BCUT2D eigenvalue weighted by Gasteiger charge is -2.09. The zero-order valence-corrected chi connectivity index (χ0v) is 9.42. The fourth-order valence-electron chi connectivity index (χ4n) is 1.25. The summed E-state index contributed by atoms with van der Waals surface area (Å²) in [5.41, 5.74) is 4.54. The van der Waals surface area contributed by atoms with Crippen LogP contribution in [0.4, 0.5) is 0 Å². The third-order valence-corrected chi connectivity index (χ3v) is 2.05. The number of nitriles is 1. The monoisotopic (exact) mass is 235 g/mol. The van der Waals surface area contributed by atoms with Gasteiger partial charge < -0.3 is 15.0 Å². The molecule has 1 heterocycles. The molecule has 0 aliphatic rings. The molecule has 0 aromatic carbocycles. The van der Waals surface area contributed by atoms with Crippen LogP contribution >= 0.6 is 0 Å². The van der Waals surface area contributed by atoms with Gasteiger partial charge in [-0.2, -0.15) is 5.26 Å². The lowest BCUT2D eigenvalue weighted by molar-refractivity contribution is -0.119. The van der Waals surface area contributed by atoms with Crippen LogP contribution in [-0.2, 0) is 11.3 Å². The molecule has 1 amide bonds. The number of ether oxygens (including phenoxy) is 1. The smallest absolute Gasteiger partial charge is 0.292 e. The summed E-state index contributed by atoms with van der Waals surface area (Å²) in [5.74, 6) is -0.874. The first-order chi connectivity index (χ1) is 8.04. The summed E-state index contributed by atoms with van der Waals surface area (Å²) in [6, 6.07) is 5.11. The number of carbonyl (C=O) groups excluding carboxylic acids is 1. The van der Waals surface area contributed by atoms with E-state index in [9.17, 15) is 9.59 Å². The molecule has 1 unspecified atom stereocenters.